The van der Waals surface area contributed by atoms with Gasteiger partial charge in [0.05, 0.1) is 16.6 Å². The van der Waals surface area contributed by atoms with Gasteiger partial charge in [0.15, 0.2) is 0 Å². The lowest BCUT2D eigenvalue weighted by Gasteiger charge is -2.30. The zero-order valence-corrected chi connectivity index (χ0v) is 15.8. The van der Waals surface area contributed by atoms with E-state index >= 15 is 0 Å². The Morgan fingerprint density at radius 1 is 1.15 bits per heavy atom. The fourth-order valence-electron chi connectivity index (χ4n) is 3.44. The molecule has 0 spiro atoms. The van der Waals surface area contributed by atoms with E-state index in [0.29, 0.717) is 19.4 Å². The van der Waals surface area contributed by atoms with E-state index in [-0.39, 0.29) is 41.5 Å². The Labute approximate surface area is 158 Å². The fourth-order valence-corrected chi connectivity index (χ4v) is 4.91. The molecular weight excluding hydrogens is 372 g/mol. The second-order valence-corrected chi connectivity index (χ2v) is 8.83. The first-order valence-corrected chi connectivity index (χ1v) is 10.5. The Morgan fingerprint density at radius 3 is 2.37 bits per heavy atom. The number of carboxylic acid groups (broad SMARTS) is 1. The predicted octanol–water partition coefficient (Wildman–Crippen LogP) is 1.08. The van der Waals surface area contributed by atoms with Crippen LogP contribution < -0.4 is 5.32 Å². The molecule has 9 heteroatoms. The molecule has 1 unspecified atom stereocenters. The highest BCUT2D eigenvalue weighted by Gasteiger charge is 2.32. The minimum absolute atomic E-state index is 0.0376. The number of carbonyl (C=O) groups excluding carboxylic acids is 1. The van der Waals surface area contributed by atoms with E-state index in [9.17, 15) is 18.0 Å². The molecule has 0 radical (unpaired) electrons. The minimum Gasteiger partial charge on any atom is -0.478 e. The van der Waals surface area contributed by atoms with Gasteiger partial charge >= 0.3 is 5.97 Å². The average Bonchev–Trinajstić information content (AvgIpc) is 3.20. The number of rotatable bonds is 6. The molecular formula is C18H24N2O6S. The molecule has 2 aliphatic rings. The topological polar surface area (TPSA) is 113 Å². The van der Waals surface area contributed by atoms with Crippen LogP contribution in [0.15, 0.2) is 29.2 Å². The highest BCUT2D eigenvalue weighted by molar-refractivity contribution is 7.89. The highest BCUT2D eigenvalue weighted by Crippen LogP contribution is 2.24. The second kappa shape index (κ2) is 8.37. The maximum absolute atomic E-state index is 12.7. The number of amides is 1. The van der Waals surface area contributed by atoms with E-state index in [0.717, 1.165) is 19.4 Å². The van der Waals surface area contributed by atoms with E-state index in [2.05, 4.69) is 5.32 Å². The first-order chi connectivity index (χ1) is 12.9. The molecule has 2 N–H and O–H groups in total. The third kappa shape index (κ3) is 4.66. The van der Waals surface area contributed by atoms with Gasteiger partial charge < -0.3 is 15.2 Å². The van der Waals surface area contributed by atoms with Crippen LogP contribution in [0.4, 0.5) is 0 Å². The molecule has 1 atom stereocenters. The maximum atomic E-state index is 12.7. The number of piperidine rings is 1. The van der Waals surface area contributed by atoms with Crippen molar-refractivity contribution >= 4 is 21.9 Å². The molecule has 3 rings (SSSR count). The van der Waals surface area contributed by atoms with E-state index in [1.54, 1.807) is 0 Å². The molecule has 148 valence electrons. The first kappa shape index (κ1) is 19.8. The molecule has 1 amide bonds. The number of hydrogen-bond acceptors (Lipinski definition) is 5. The minimum atomic E-state index is -3.69. The summed E-state index contributed by atoms with van der Waals surface area (Å²) in [6.45, 7) is 1.78. The molecule has 2 aliphatic heterocycles. The Morgan fingerprint density at radius 2 is 1.81 bits per heavy atom. The van der Waals surface area contributed by atoms with Gasteiger partial charge in [-0.25, -0.2) is 13.2 Å². The number of carboxylic acids is 1. The van der Waals surface area contributed by atoms with Crippen molar-refractivity contribution in [3.8, 4) is 0 Å². The van der Waals surface area contributed by atoms with Gasteiger partial charge in [-0.3, -0.25) is 4.79 Å². The molecule has 2 heterocycles. The van der Waals surface area contributed by atoms with Gasteiger partial charge in [0.1, 0.15) is 0 Å². The molecule has 0 aromatic heterocycles. The second-order valence-electron chi connectivity index (χ2n) is 6.89. The molecule has 0 bridgehead atoms. The lowest BCUT2D eigenvalue weighted by atomic mass is 9.97. The summed E-state index contributed by atoms with van der Waals surface area (Å²) in [6, 6.07) is 5.17. The van der Waals surface area contributed by atoms with Crippen LogP contribution >= 0.6 is 0 Å². The van der Waals surface area contributed by atoms with Crippen LogP contribution in [0.5, 0.6) is 0 Å². The van der Waals surface area contributed by atoms with Gasteiger partial charge in [-0.05, 0) is 49.9 Å². The van der Waals surface area contributed by atoms with E-state index in [1.807, 2.05) is 0 Å². The van der Waals surface area contributed by atoms with Crippen molar-refractivity contribution in [1.82, 2.24) is 9.62 Å². The number of nitrogens with zero attached hydrogens (tertiary/aromatic N) is 1. The first-order valence-electron chi connectivity index (χ1n) is 9.11. The third-order valence-electron chi connectivity index (χ3n) is 5.09. The maximum Gasteiger partial charge on any atom is 0.335 e. The lowest BCUT2D eigenvalue weighted by Crippen LogP contribution is -2.44. The van der Waals surface area contributed by atoms with E-state index < -0.39 is 16.0 Å². The van der Waals surface area contributed by atoms with Crippen molar-refractivity contribution in [3.63, 3.8) is 0 Å². The van der Waals surface area contributed by atoms with Gasteiger partial charge in [0.25, 0.3) is 0 Å². The van der Waals surface area contributed by atoms with Gasteiger partial charge in [-0.1, -0.05) is 0 Å². The van der Waals surface area contributed by atoms with E-state index in [4.69, 9.17) is 9.84 Å². The van der Waals surface area contributed by atoms with Crippen molar-refractivity contribution in [2.45, 2.75) is 36.7 Å². The van der Waals surface area contributed by atoms with Crippen LogP contribution in [0.1, 0.15) is 36.0 Å². The molecule has 1 aromatic rings. The molecule has 2 fully saturated rings. The van der Waals surface area contributed by atoms with Crippen molar-refractivity contribution in [2.75, 3.05) is 26.2 Å². The van der Waals surface area contributed by atoms with Crippen LogP contribution in [0, 0.1) is 5.92 Å². The SMILES string of the molecule is O=C(O)c1ccc(S(=O)(=O)N2CCC(C(=O)NCC3CCCO3)CC2)cc1. The summed E-state index contributed by atoms with van der Waals surface area (Å²) in [4.78, 5) is 23.3. The smallest absolute Gasteiger partial charge is 0.335 e. The normalized spacial score (nSPS) is 21.9. The Balaban J connectivity index is 1.54. The monoisotopic (exact) mass is 396 g/mol. The number of nitrogens with one attached hydrogen (secondary N) is 1. The number of benzene rings is 1. The van der Waals surface area contributed by atoms with E-state index in [1.165, 1.54) is 28.6 Å². The molecule has 27 heavy (non-hydrogen) atoms. The molecule has 2 saturated heterocycles. The quantitative estimate of drug-likeness (QED) is 0.744. The molecule has 0 saturated carbocycles. The summed E-state index contributed by atoms with van der Waals surface area (Å²) in [5, 5.41) is 11.8. The fraction of sp³-hybridized carbons (Fsp3) is 0.556. The van der Waals surface area contributed by atoms with Crippen molar-refractivity contribution in [3.05, 3.63) is 29.8 Å². The Hall–Kier alpha value is -1.97. The summed E-state index contributed by atoms with van der Waals surface area (Å²) in [7, 11) is -3.69. The van der Waals surface area contributed by atoms with Crippen molar-refractivity contribution in [2.24, 2.45) is 5.92 Å². The van der Waals surface area contributed by atoms with Crippen LogP contribution in [-0.2, 0) is 19.6 Å². The molecule has 1 aromatic carbocycles. The van der Waals surface area contributed by atoms with Crippen molar-refractivity contribution < 1.29 is 27.9 Å². The van der Waals surface area contributed by atoms with Gasteiger partial charge in [-0.2, -0.15) is 4.31 Å². The zero-order valence-electron chi connectivity index (χ0n) is 15.0. The number of ether oxygens (including phenoxy) is 1. The largest absolute Gasteiger partial charge is 0.478 e. The van der Waals surface area contributed by atoms with Crippen LogP contribution in [0.25, 0.3) is 0 Å². The lowest BCUT2D eigenvalue weighted by molar-refractivity contribution is -0.126. The standard InChI is InChI=1S/C18H24N2O6S/c21-17(19-12-15-2-1-11-26-15)13-7-9-20(10-8-13)27(24,25)16-5-3-14(4-6-16)18(22)23/h3-6,13,15H,1-2,7-12H2,(H,19,21)(H,22,23). The predicted molar refractivity (Wildman–Crippen MR) is 96.9 cm³/mol. The summed E-state index contributed by atoms with van der Waals surface area (Å²) in [6.07, 6.45) is 2.98. The summed E-state index contributed by atoms with van der Waals surface area (Å²) in [5.41, 5.74) is 0.0376. The molecule has 0 aliphatic carbocycles. The Kier molecular flexibility index (Phi) is 6.13. The third-order valence-corrected chi connectivity index (χ3v) is 7.00. The number of hydrogen-bond donors (Lipinski definition) is 2. The number of aromatic carboxylic acids is 1. The van der Waals surface area contributed by atoms with Crippen LogP contribution in [-0.4, -0.2) is 62.1 Å². The Bertz CT molecular complexity index is 779. The van der Waals surface area contributed by atoms with Crippen LogP contribution in [0.2, 0.25) is 0 Å². The highest BCUT2D eigenvalue weighted by atomic mass is 32.2. The summed E-state index contributed by atoms with van der Waals surface area (Å²) >= 11 is 0. The number of carbonyl (C=O) groups is 2. The molecule has 8 nitrogen and oxygen atoms in total. The summed E-state index contributed by atoms with van der Waals surface area (Å²) < 4.78 is 32.3. The van der Waals surface area contributed by atoms with Crippen LogP contribution in [0.3, 0.4) is 0 Å². The zero-order chi connectivity index (χ0) is 19.4. The van der Waals surface area contributed by atoms with Crippen molar-refractivity contribution in [1.29, 1.82) is 0 Å². The number of sulfonamides is 1. The average molecular weight is 396 g/mol. The van der Waals surface area contributed by atoms with Gasteiger partial charge in [0.2, 0.25) is 15.9 Å². The summed E-state index contributed by atoms with van der Waals surface area (Å²) in [5.74, 6) is -1.35. The van der Waals surface area contributed by atoms with Gasteiger partial charge in [0, 0.05) is 32.2 Å². The van der Waals surface area contributed by atoms with Gasteiger partial charge in [-0.15, -0.1) is 0 Å².